The second-order valence-electron chi connectivity index (χ2n) is 14.9. The Hall–Kier alpha value is -2.93. The van der Waals surface area contributed by atoms with E-state index in [0.717, 1.165) is 95.2 Å². The van der Waals surface area contributed by atoms with Gasteiger partial charge in [-0.2, -0.15) is 0 Å². The summed E-state index contributed by atoms with van der Waals surface area (Å²) in [6, 6.07) is 4.33. The Balaban J connectivity index is 1.32. The summed E-state index contributed by atoms with van der Waals surface area (Å²) in [4.78, 5) is 39.9. The number of anilines is 2. The molecule has 0 amide bonds. The Morgan fingerprint density at radius 1 is 1.02 bits per heavy atom. The van der Waals surface area contributed by atoms with Gasteiger partial charge in [-0.1, -0.05) is 31.1 Å². The highest BCUT2D eigenvalue weighted by Crippen LogP contribution is 2.66. The number of rotatable bonds is 10. The number of allylic oxidation sites excluding steroid dienone is 4. The van der Waals surface area contributed by atoms with Crippen LogP contribution >= 0.6 is 0 Å². The van der Waals surface area contributed by atoms with Crippen LogP contribution < -0.4 is 15.1 Å². The van der Waals surface area contributed by atoms with E-state index in [9.17, 15) is 9.59 Å². The molecule has 1 unspecified atom stereocenters. The SMILES string of the molecule is CCN(CC)c1ccc(N(CC)CC)c(CC(=O)[C@H]2C(C)C[C@H]3[C@@H]4CCC5=CC(=O)C=C(N6CCNCC6)[C@]5(C)C4=CC[C@]23C)n1. The van der Waals surface area contributed by atoms with Crippen molar-refractivity contribution in [1.82, 2.24) is 15.2 Å². The fourth-order valence-corrected chi connectivity index (χ4v) is 10.4. The number of piperazine rings is 1. The number of nitrogens with one attached hydrogen (secondary N) is 1. The summed E-state index contributed by atoms with van der Waals surface area (Å²) in [5, 5.41) is 3.48. The van der Waals surface area contributed by atoms with Gasteiger partial charge in [0.2, 0.25) is 0 Å². The molecule has 1 aliphatic heterocycles. The zero-order valence-corrected chi connectivity index (χ0v) is 29.5. The van der Waals surface area contributed by atoms with E-state index in [1.165, 1.54) is 16.8 Å². The van der Waals surface area contributed by atoms with Crippen molar-refractivity contribution in [3.63, 3.8) is 0 Å². The summed E-state index contributed by atoms with van der Waals surface area (Å²) < 4.78 is 0. The van der Waals surface area contributed by atoms with Gasteiger partial charge < -0.3 is 20.0 Å². The van der Waals surface area contributed by atoms with Gasteiger partial charge in [0.25, 0.3) is 0 Å². The van der Waals surface area contributed by atoms with E-state index in [-0.39, 0.29) is 22.5 Å². The van der Waals surface area contributed by atoms with Crippen molar-refractivity contribution in [3.05, 3.63) is 52.9 Å². The van der Waals surface area contributed by atoms with E-state index in [2.05, 4.69) is 86.7 Å². The fourth-order valence-electron chi connectivity index (χ4n) is 10.4. The van der Waals surface area contributed by atoms with Crippen molar-refractivity contribution < 1.29 is 9.59 Å². The third-order valence-electron chi connectivity index (χ3n) is 12.7. The van der Waals surface area contributed by atoms with Crippen molar-refractivity contribution in [2.45, 2.75) is 80.6 Å². The second-order valence-corrected chi connectivity index (χ2v) is 14.9. The summed E-state index contributed by atoms with van der Waals surface area (Å²) in [6.45, 7) is 23.2. The molecular weight excluding hydrogens is 570 g/mol. The van der Waals surface area contributed by atoms with Crippen LogP contribution in [0.1, 0.15) is 79.8 Å². The van der Waals surface area contributed by atoms with Crippen LogP contribution in [0.5, 0.6) is 0 Å². The molecular formula is C39H57N5O2. The third-order valence-corrected chi connectivity index (χ3v) is 12.7. The minimum atomic E-state index is -0.228. The minimum Gasteiger partial charge on any atom is -0.371 e. The van der Waals surface area contributed by atoms with Crippen LogP contribution in [0.2, 0.25) is 0 Å². The fraction of sp³-hybridized carbons (Fsp3) is 0.667. The molecule has 4 aliphatic carbocycles. The molecule has 1 aromatic heterocycles. The van der Waals surface area contributed by atoms with Crippen LogP contribution in [0, 0.1) is 34.5 Å². The molecule has 1 aromatic rings. The smallest absolute Gasteiger partial charge is 0.180 e. The molecule has 2 heterocycles. The topological polar surface area (TPSA) is 68.8 Å². The van der Waals surface area contributed by atoms with Gasteiger partial charge in [0.15, 0.2) is 5.78 Å². The summed E-state index contributed by atoms with van der Waals surface area (Å²) in [5.74, 6) is 2.72. The van der Waals surface area contributed by atoms with Crippen LogP contribution in [0.15, 0.2) is 47.2 Å². The Labute approximate surface area is 277 Å². The van der Waals surface area contributed by atoms with Crippen LogP contribution in [-0.2, 0) is 16.0 Å². The van der Waals surface area contributed by atoms with Gasteiger partial charge in [0, 0.05) is 70.0 Å². The summed E-state index contributed by atoms with van der Waals surface area (Å²) in [7, 11) is 0. The number of carbonyl (C=O) groups is 2. The number of fused-ring (bicyclic) bond motifs is 5. The summed E-state index contributed by atoms with van der Waals surface area (Å²) in [5.41, 5.74) is 5.75. The molecule has 1 N–H and O–H groups in total. The van der Waals surface area contributed by atoms with E-state index in [1.54, 1.807) is 0 Å². The molecule has 0 radical (unpaired) electrons. The Morgan fingerprint density at radius 2 is 1.72 bits per heavy atom. The highest BCUT2D eigenvalue weighted by atomic mass is 16.1. The Morgan fingerprint density at radius 3 is 2.39 bits per heavy atom. The van der Waals surface area contributed by atoms with Gasteiger partial charge in [-0.25, -0.2) is 4.98 Å². The molecule has 7 heteroatoms. The van der Waals surface area contributed by atoms with Crippen LogP contribution in [-0.4, -0.2) is 73.8 Å². The van der Waals surface area contributed by atoms with Crippen molar-refractivity contribution >= 4 is 23.1 Å². The maximum absolute atomic E-state index is 14.6. The van der Waals surface area contributed by atoms with Gasteiger partial charge in [-0.15, -0.1) is 0 Å². The monoisotopic (exact) mass is 627 g/mol. The number of pyridine rings is 1. The van der Waals surface area contributed by atoms with Crippen LogP contribution in [0.25, 0.3) is 0 Å². The van der Waals surface area contributed by atoms with Crippen molar-refractivity contribution in [2.75, 3.05) is 62.2 Å². The lowest BCUT2D eigenvalue weighted by Gasteiger charge is -2.55. The molecule has 1 saturated heterocycles. The standard InChI is InChI=1S/C39H57N5O2/c1-8-42(9-2)33-14-15-36(43(10-3)11-4)41-32(33)25-34(46)37-26(5)22-31-29-13-12-27-23-28(45)24-35(44-20-18-40-19-21-44)39(27,7)30(29)16-17-38(31,37)6/h14-16,23-24,26,29,31,37,40H,8-13,17-22,25H2,1-7H3/t26?,29-,31+,37-,38+,39+/m1/s1. The average molecular weight is 628 g/mol. The predicted octanol–water partition coefficient (Wildman–Crippen LogP) is 6.21. The van der Waals surface area contributed by atoms with Crippen molar-refractivity contribution in [2.24, 2.45) is 34.5 Å². The van der Waals surface area contributed by atoms with Gasteiger partial charge >= 0.3 is 0 Å². The molecule has 2 saturated carbocycles. The average Bonchev–Trinajstić information content (AvgIpc) is 3.33. The number of hydrogen-bond donors (Lipinski definition) is 1. The van der Waals surface area contributed by atoms with Gasteiger partial charge in [-0.05, 0) is 102 Å². The maximum atomic E-state index is 14.6. The van der Waals surface area contributed by atoms with E-state index in [0.29, 0.717) is 30.0 Å². The number of Topliss-reactive ketones (excluding diaryl/α,β-unsaturated/α-hetero) is 1. The first-order chi connectivity index (χ1) is 22.1. The normalized spacial score (nSPS) is 32.1. The van der Waals surface area contributed by atoms with Crippen molar-refractivity contribution in [1.29, 1.82) is 0 Å². The molecule has 7 nitrogen and oxygen atoms in total. The largest absolute Gasteiger partial charge is 0.371 e. The number of nitrogens with zero attached hydrogens (tertiary/aromatic N) is 4. The quantitative estimate of drug-likeness (QED) is 0.310. The lowest BCUT2D eigenvalue weighted by atomic mass is 9.51. The molecule has 46 heavy (non-hydrogen) atoms. The van der Waals surface area contributed by atoms with E-state index >= 15 is 0 Å². The molecule has 5 aliphatic rings. The number of carbonyl (C=O) groups excluding carboxylic acids is 2. The molecule has 6 atom stereocenters. The van der Waals surface area contributed by atoms with E-state index < -0.39 is 0 Å². The number of hydrogen-bond acceptors (Lipinski definition) is 7. The highest BCUT2D eigenvalue weighted by molar-refractivity contribution is 6.02. The molecule has 250 valence electrons. The maximum Gasteiger partial charge on any atom is 0.180 e. The Bertz CT molecular complexity index is 1430. The van der Waals surface area contributed by atoms with Crippen LogP contribution in [0.3, 0.4) is 0 Å². The van der Waals surface area contributed by atoms with Crippen LogP contribution in [0.4, 0.5) is 11.5 Å². The first-order valence-electron chi connectivity index (χ1n) is 18.3. The summed E-state index contributed by atoms with van der Waals surface area (Å²) in [6.07, 6.45) is 10.8. The number of ketones is 2. The molecule has 0 spiro atoms. The van der Waals surface area contributed by atoms with Crippen molar-refractivity contribution in [3.8, 4) is 0 Å². The molecule has 0 aromatic carbocycles. The molecule has 0 bridgehead atoms. The lowest BCUT2D eigenvalue weighted by Crippen LogP contribution is -2.51. The Kier molecular flexibility index (Phi) is 9.28. The van der Waals surface area contributed by atoms with Gasteiger partial charge in [0.05, 0.1) is 23.2 Å². The zero-order valence-electron chi connectivity index (χ0n) is 29.5. The minimum absolute atomic E-state index is 0.0135. The summed E-state index contributed by atoms with van der Waals surface area (Å²) >= 11 is 0. The highest BCUT2D eigenvalue weighted by Gasteiger charge is 2.60. The van der Waals surface area contributed by atoms with Gasteiger partial charge in [0.1, 0.15) is 11.6 Å². The molecule has 3 fully saturated rings. The zero-order chi connectivity index (χ0) is 32.8. The van der Waals surface area contributed by atoms with Gasteiger partial charge in [-0.3, -0.25) is 9.59 Å². The van der Waals surface area contributed by atoms with E-state index in [4.69, 9.17) is 4.98 Å². The van der Waals surface area contributed by atoms with E-state index in [1.807, 2.05) is 12.2 Å². The second kappa shape index (κ2) is 12.9. The predicted molar refractivity (Wildman–Crippen MR) is 188 cm³/mol. The first kappa shape index (κ1) is 33.0. The number of aromatic nitrogens is 1. The molecule has 6 rings (SSSR count). The lowest BCUT2D eigenvalue weighted by molar-refractivity contribution is -0.127. The third kappa shape index (κ3) is 5.35. The first-order valence-corrected chi connectivity index (χ1v) is 18.3.